The average Bonchev–Trinajstić information content (AvgIpc) is 3.58. The zero-order valence-corrected chi connectivity index (χ0v) is 19.7. The van der Waals surface area contributed by atoms with Crippen molar-refractivity contribution >= 4 is 33.5 Å². The van der Waals surface area contributed by atoms with E-state index in [-0.39, 0.29) is 20.9 Å². The summed E-state index contributed by atoms with van der Waals surface area (Å²) in [5.74, 6) is -1.28. The van der Waals surface area contributed by atoms with Crippen LogP contribution in [0.1, 0.15) is 42.6 Å². The second-order valence-electron chi connectivity index (χ2n) is 7.73. The van der Waals surface area contributed by atoms with Crippen LogP contribution in [0.2, 0.25) is 5.02 Å². The molecule has 1 aliphatic rings. The minimum atomic E-state index is -3.76. The van der Waals surface area contributed by atoms with E-state index in [1.165, 1.54) is 28.1 Å². The molecule has 1 N–H and O–H groups in total. The standard InChI is InChI=1S/C23H27ClN2O5S/c1-3-26(4-2)32(29,30)18-10-11-20(24)19(14-18)22(28)31-15-21(27)25-16-23(12-13-23)17-8-6-5-7-9-17/h5-11,14H,3-4,12-13,15-16H2,1-2H3,(H,25,27). The van der Waals surface area contributed by atoms with Crippen LogP contribution in [-0.4, -0.2) is 50.8 Å². The van der Waals surface area contributed by atoms with Crippen molar-refractivity contribution in [1.29, 1.82) is 0 Å². The number of halogens is 1. The summed E-state index contributed by atoms with van der Waals surface area (Å²) in [6, 6.07) is 13.8. The van der Waals surface area contributed by atoms with Gasteiger partial charge in [-0.25, -0.2) is 13.2 Å². The van der Waals surface area contributed by atoms with E-state index in [0.717, 1.165) is 12.8 Å². The van der Waals surface area contributed by atoms with Gasteiger partial charge in [-0.1, -0.05) is 55.8 Å². The topological polar surface area (TPSA) is 92.8 Å². The van der Waals surface area contributed by atoms with Gasteiger partial charge in [0.05, 0.1) is 15.5 Å². The van der Waals surface area contributed by atoms with Crippen molar-refractivity contribution in [2.75, 3.05) is 26.2 Å². The Morgan fingerprint density at radius 2 is 1.75 bits per heavy atom. The minimum absolute atomic E-state index is 0.0508. The van der Waals surface area contributed by atoms with E-state index in [1.807, 2.05) is 30.3 Å². The van der Waals surface area contributed by atoms with Gasteiger partial charge in [-0.05, 0) is 36.6 Å². The van der Waals surface area contributed by atoms with Crippen LogP contribution in [0.3, 0.4) is 0 Å². The molecule has 0 radical (unpaired) electrons. The molecule has 1 saturated carbocycles. The molecule has 9 heteroatoms. The van der Waals surface area contributed by atoms with Gasteiger partial charge in [0.1, 0.15) is 0 Å². The summed E-state index contributed by atoms with van der Waals surface area (Å²) in [5, 5.41) is 2.87. The van der Waals surface area contributed by atoms with Crippen LogP contribution in [0.4, 0.5) is 0 Å². The number of benzene rings is 2. The fraction of sp³-hybridized carbons (Fsp3) is 0.391. The Hall–Kier alpha value is -2.42. The highest BCUT2D eigenvalue weighted by atomic mass is 35.5. The van der Waals surface area contributed by atoms with Crippen molar-refractivity contribution in [3.05, 3.63) is 64.7 Å². The molecule has 172 valence electrons. The van der Waals surface area contributed by atoms with Crippen molar-refractivity contribution < 1.29 is 22.7 Å². The molecule has 1 aliphatic carbocycles. The molecule has 0 bridgehead atoms. The Morgan fingerprint density at radius 3 is 2.34 bits per heavy atom. The Bertz CT molecular complexity index is 1080. The molecule has 0 atom stereocenters. The van der Waals surface area contributed by atoms with Crippen molar-refractivity contribution in [2.45, 2.75) is 37.0 Å². The lowest BCUT2D eigenvalue weighted by molar-refractivity contribution is -0.124. The summed E-state index contributed by atoms with van der Waals surface area (Å²) in [4.78, 5) is 24.7. The summed E-state index contributed by atoms with van der Waals surface area (Å²) in [6.45, 7) is 4.04. The highest BCUT2D eigenvalue weighted by Gasteiger charge is 2.44. The van der Waals surface area contributed by atoms with Crippen LogP contribution >= 0.6 is 11.6 Å². The van der Waals surface area contributed by atoms with Gasteiger partial charge in [-0.2, -0.15) is 4.31 Å². The molecule has 32 heavy (non-hydrogen) atoms. The summed E-state index contributed by atoms with van der Waals surface area (Å²) in [6.07, 6.45) is 1.97. The third kappa shape index (κ3) is 5.31. The highest BCUT2D eigenvalue weighted by molar-refractivity contribution is 7.89. The van der Waals surface area contributed by atoms with Crippen LogP contribution in [0, 0.1) is 0 Å². The molecule has 1 amide bonds. The molecule has 0 spiro atoms. The third-order valence-corrected chi connectivity index (χ3v) is 8.07. The van der Waals surface area contributed by atoms with Gasteiger partial charge in [0.15, 0.2) is 6.61 Å². The molecule has 3 rings (SSSR count). The maximum absolute atomic E-state index is 12.7. The molecule has 0 saturated heterocycles. The van der Waals surface area contributed by atoms with Gasteiger partial charge >= 0.3 is 5.97 Å². The van der Waals surface area contributed by atoms with Crippen molar-refractivity contribution in [1.82, 2.24) is 9.62 Å². The lowest BCUT2D eigenvalue weighted by atomic mass is 9.96. The first-order valence-electron chi connectivity index (χ1n) is 10.5. The van der Waals surface area contributed by atoms with Gasteiger partial charge in [-0.3, -0.25) is 4.79 Å². The van der Waals surface area contributed by atoms with E-state index in [1.54, 1.807) is 13.8 Å². The number of nitrogens with one attached hydrogen (secondary N) is 1. The summed E-state index contributed by atoms with van der Waals surface area (Å²) < 4.78 is 31.8. The predicted molar refractivity (Wildman–Crippen MR) is 122 cm³/mol. The van der Waals surface area contributed by atoms with Gasteiger partial charge < -0.3 is 10.1 Å². The Morgan fingerprint density at radius 1 is 1.09 bits per heavy atom. The maximum atomic E-state index is 12.7. The van der Waals surface area contributed by atoms with E-state index in [0.29, 0.717) is 19.6 Å². The molecule has 1 fully saturated rings. The molecular formula is C23H27ClN2O5S. The first-order chi connectivity index (χ1) is 15.2. The Labute approximate surface area is 193 Å². The van der Waals surface area contributed by atoms with Gasteiger partial charge in [0.25, 0.3) is 5.91 Å². The number of nitrogens with zero attached hydrogens (tertiary/aromatic N) is 1. The second-order valence-corrected chi connectivity index (χ2v) is 10.1. The molecular weight excluding hydrogens is 452 g/mol. The number of esters is 1. The van der Waals surface area contributed by atoms with Crippen molar-refractivity contribution in [3.8, 4) is 0 Å². The summed E-state index contributed by atoms with van der Waals surface area (Å²) in [5.41, 5.74) is 1.02. The summed E-state index contributed by atoms with van der Waals surface area (Å²) in [7, 11) is -3.76. The number of carbonyl (C=O) groups excluding carboxylic acids is 2. The molecule has 2 aromatic carbocycles. The van der Waals surface area contributed by atoms with Gasteiger partial charge in [-0.15, -0.1) is 0 Å². The number of hydrogen-bond donors (Lipinski definition) is 1. The highest BCUT2D eigenvalue weighted by Crippen LogP contribution is 2.47. The first kappa shape index (κ1) is 24.2. The number of carbonyl (C=O) groups is 2. The van der Waals surface area contributed by atoms with Crippen molar-refractivity contribution in [3.63, 3.8) is 0 Å². The number of rotatable bonds is 10. The van der Waals surface area contributed by atoms with Crippen LogP contribution in [-0.2, 0) is 25.0 Å². The smallest absolute Gasteiger partial charge is 0.340 e. The SMILES string of the molecule is CCN(CC)S(=O)(=O)c1ccc(Cl)c(C(=O)OCC(=O)NCC2(c3ccccc3)CC2)c1. The molecule has 0 heterocycles. The van der Waals surface area contributed by atoms with Crippen LogP contribution in [0.15, 0.2) is 53.4 Å². The number of amides is 1. The lowest BCUT2D eigenvalue weighted by Crippen LogP contribution is -2.35. The third-order valence-electron chi connectivity index (χ3n) is 5.70. The Balaban J connectivity index is 1.61. The minimum Gasteiger partial charge on any atom is -0.452 e. The number of hydrogen-bond acceptors (Lipinski definition) is 5. The quantitative estimate of drug-likeness (QED) is 0.528. The molecule has 2 aromatic rings. The predicted octanol–water partition coefficient (Wildman–Crippen LogP) is 3.38. The molecule has 0 aliphatic heterocycles. The van der Waals surface area contributed by atoms with E-state index in [4.69, 9.17) is 16.3 Å². The first-order valence-corrected chi connectivity index (χ1v) is 12.3. The van der Waals surface area contributed by atoms with Crippen LogP contribution in [0.5, 0.6) is 0 Å². The average molecular weight is 479 g/mol. The summed E-state index contributed by atoms with van der Waals surface area (Å²) >= 11 is 6.09. The number of sulfonamides is 1. The van der Waals surface area contributed by atoms with E-state index >= 15 is 0 Å². The lowest BCUT2D eigenvalue weighted by Gasteiger charge is -2.19. The zero-order valence-electron chi connectivity index (χ0n) is 18.1. The molecule has 7 nitrogen and oxygen atoms in total. The van der Waals surface area contributed by atoms with Crippen LogP contribution < -0.4 is 5.32 Å². The maximum Gasteiger partial charge on any atom is 0.340 e. The fourth-order valence-electron chi connectivity index (χ4n) is 3.57. The fourth-order valence-corrected chi connectivity index (χ4v) is 5.25. The second kappa shape index (κ2) is 10.0. The molecule has 0 unspecified atom stereocenters. The van der Waals surface area contributed by atoms with E-state index in [2.05, 4.69) is 5.32 Å². The zero-order chi connectivity index (χ0) is 23.4. The monoisotopic (exact) mass is 478 g/mol. The largest absolute Gasteiger partial charge is 0.452 e. The van der Waals surface area contributed by atoms with Crippen LogP contribution in [0.25, 0.3) is 0 Å². The number of ether oxygens (including phenoxy) is 1. The van der Waals surface area contributed by atoms with E-state index < -0.39 is 28.5 Å². The molecule has 0 aromatic heterocycles. The van der Waals surface area contributed by atoms with Gasteiger partial charge in [0, 0.05) is 25.0 Å². The van der Waals surface area contributed by atoms with Crippen molar-refractivity contribution in [2.24, 2.45) is 0 Å². The van der Waals surface area contributed by atoms with E-state index in [9.17, 15) is 18.0 Å². The van der Waals surface area contributed by atoms with Gasteiger partial charge in [0.2, 0.25) is 10.0 Å². The Kier molecular flexibility index (Phi) is 7.59. The normalized spacial score (nSPS) is 14.8.